The Morgan fingerprint density at radius 1 is 1.14 bits per heavy atom. The molecular formula is C21H18N2O5. The Morgan fingerprint density at radius 3 is 2.39 bits per heavy atom. The molecule has 0 aliphatic carbocycles. The number of hydrogen-bond donors (Lipinski definition) is 0. The molecule has 0 fully saturated rings. The van der Waals surface area contributed by atoms with Crippen LogP contribution in [0.4, 0.5) is 11.4 Å². The molecule has 0 aromatic heterocycles. The van der Waals surface area contributed by atoms with Crippen LogP contribution in [0.25, 0.3) is 6.08 Å². The van der Waals surface area contributed by atoms with Crippen molar-refractivity contribution >= 4 is 29.3 Å². The number of nitro benzene ring substituents is 1. The maximum atomic E-state index is 13.1. The number of amides is 1. The van der Waals surface area contributed by atoms with Crippen LogP contribution >= 0.6 is 0 Å². The number of carbonyl (C=O) groups is 2. The van der Waals surface area contributed by atoms with Crippen molar-refractivity contribution in [3.63, 3.8) is 0 Å². The van der Waals surface area contributed by atoms with Crippen LogP contribution in [0.3, 0.4) is 0 Å². The number of anilines is 1. The third-order valence-corrected chi connectivity index (χ3v) is 4.46. The molecule has 1 aliphatic heterocycles. The van der Waals surface area contributed by atoms with Crippen molar-refractivity contribution in [3.05, 3.63) is 86.6 Å². The fraction of sp³-hybridized carbons (Fsp3) is 0.143. The third-order valence-electron chi connectivity index (χ3n) is 4.46. The van der Waals surface area contributed by atoms with E-state index in [1.54, 1.807) is 13.0 Å². The van der Waals surface area contributed by atoms with Crippen LogP contribution in [0.1, 0.15) is 18.1 Å². The van der Waals surface area contributed by atoms with Gasteiger partial charge in [0.2, 0.25) is 0 Å². The molecular weight excluding hydrogens is 360 g/mol. The highest BCUT2D eigenvalue weighted by molar-refractivity contribution is 6.23. The number of carbonyl (C=O) groups excluding carboxylic acids is 2. The van der Waals surface area contributed by atoms with E-state index in [2.05, 4.69) is 0 Å². The summed E-state index contributed by atoms with van der Waals surface area (Å²) in [5, 5.41) is 10.8. The summed E-state index contributed by atoms with van der Waals surface area (Å²) in [6, 6.07) is 13.1. The Bertz CT molecular complexity index is 1040. The highest BCUT2D eigenvalue weighted by Gasteiger charge is 2.37. The van der Waals surface area contributed by atoms with Crippen molar-refractivity contribution in [2.75, 3.05) is 12.0 Å². The quantitative estimate of drug-likeness (QED) is 0.350. The van der Waals surface area contributed by atoms with E-state index in [-0.39, 0.29) is 22.7 Å². The first-order valence-corrected chi connectivity index (χ1v) is 8.50. The van der Waals surface area contributed by atoms with Gasteiger partial charge >= 0.3 is 5.97 Å². The van der Waals surface area contributed by atoms with E-state index in [4.69, 9.17) is 4.74 Å². The maximum Gasteiger partial charge on any atom is 0.340 e. The van der Waals surface area contributed by atoms with E-state index in [0.29, 0.717) is 16.9 Å². The average Bonchev–Trinajstić information content (AvgIpc) is 2.91. The zero-order chi connectivity index (χ0) is 20.4. The van der Waals surface area contributed by atoms with Crippen molar-refractivity contribution in [2.24, 2.45) is 0 Å². The molecule has 3 rings (SSSR count). The molecule has 28 heavy (non-hydrogen) atoms. The molecule has 2 aromatic carbocycles. The van der Waals surface area contributed by atoms with Crippen LogP contribution < -0.4 is 4.90 Å². The molecule has 1 amide bonds. The molecule has 0 saturated heterocycles. The van der Waals surface area contributed by atoms with Crippen molar-refractivity contribution in [2.45, 2.75) is 13.8 Å². The minimum atomic E-state index is -0.617. The van der Waals surface area contributed by atoms with Gasteiger partial charge in [-0.2, -0.15) is 0 Å². The van der Waals surface area contributed by atoms with E-state index in [1.165, 1.54) is 42.4 Å². The Kier molecular flexibility index (Phi) is 5.08. The Hall–Kier alpha value is -3.74. The second kappa shape index (κ2) is 7.48. The fourth-order valence-corrected chi connectivity index (χ4v) is 3.12. The Balaban J connectivity index is 2.10. The van der Waals surface area contributed by atoms with Gasteiger partial charge in [-0.05, 0) is 55.3 Å². The van der Waals surface area contributed by atoms with Gasteiger partial charge in [0.25, 0.3) is 11.6 Å². The predicted octanol–water partition coefficient (Wildman–Crippen LogP) is 3.78. The molecule has 0 radical (unpaired) electrons. The smallest absolute Gasteiger partial charge is 0.340 e. The lowest BCUT2D eigenvalue weighted by Gasteiger charge is -2.18. The average molecular weight is 378 g/mol. The number of nitrogens with zero attached hydrogens (tertiary/aromatic N) is 2. The molecule has 142 valence electrons. The lowest BCUT2D eigenvalue weighted by Crippen LogP contribution is -2.24. The molecule has 0 unspecified atom stereocenters. The van der Waals surface area contributed by atoms with Gasteiger partial charge in [0, 0.05) is 23.5 Å². The fourth-order valence-electron chi connectivity index (χ4n) is 3.12. The summed E-state index contributed by atoms with van der Waals surface area (Å²) < 4.78 is 4.87. The third kappa shape index (κ3) is 3.42. The predicted molar refractivity (Wildman–Crippen MR) is 104 cm³/mol. The van der Waals surface area contributed by atoms with Gasteiger partial charge in [0.15, 0.2) is 0 Å². The van der Waals surface area contributed by atoms with E-state index in [1.807, 2.05) is 25.1 Å². The van der Waals surface area contributed by atoms with Crippen molar-refractivity contribution < 1.29 is 19.2 Å². The number of esters is 1. The van der Waals surface area contributed by atoms with E-state index < -0.39 is 10.9 Å². The normalized spacial score (nSPS) is 15.3. The SMILES string of the molecule is COC(=O)C1=C(C)N(c2cccc(C)c2)C(=O)/C1=C\c1ccc([N+](=O)[O-])cc1. The van der Waals surface area contributed by atoms with Gasteiger partial charge in [0.05, 0.1) is 23.2 Å². The van der Waals surface area contributed by atoms with Gasteiger partial charge in [-0.15, -0.1) is 0 Å². The zero-order valence-electron chi connectivity index (χ0n) is 15.6. The maximum absolute atomic E-state index is 13.1. The summed E-state index contributed by atoms with van der Waals surface area (Å²) >= 11 is 0. The largest absolute Gasteiger partial charge is 0.465 e. The monoisotopic (exact) mass is 378 g/mol. The molecule has 7 nitrogen and oxygen atoms in total. The summed E-state index contributed by atoms with van der Waals surface area (Å²) in [6.45, 7) is 3.60. The number of non-ortho nitro benzene ring substituents is 1. The second-order valence-electron chi connectivity index (χ2n) is 6.34. The number of methoxy groups -OCH3 is 1. The van der Waals surface area contributed by atoms with Crippen molar-refractivity contribution in [3.8, 4) is 0 Å². The van der Waals surface area contributed by atoms with Gasteiger partial charge < -0.3 is 4.74 Å². The minimum absolute atomic E-state index is 0.0544. The first-order valence-electron chi connectivity index (χ1n) is 8.50. The number of allylic oxidation sites excluding steroid dienone is 1. The number of ether oxygens (including phenoxy) is 1. The van der Waals surface area contributed by atoms with Gasteiger partial charge in [-0.3, -0.25) is 19.8 Å². The first kappa shape index (κ1) is 19.0. The number of aryl methyl sites for hydroxylation is 1. The number of benzene rings is 2. The highest BCUT2D eigenvalue weighted by atomic mass is 16.6. The second-order valence-corrected chi connectivity index (χ2v) is 6.34. The number of hydrogen-bond acceptors (Lipinski definition) is 5. The molecule has 0 N–H and O–H groups in total. The standard InChI is InChI=1S/C21H18N2O5/c1-13-5-4-6-17(11-13)22-14(2)19(21(25)28-3)18(20(22)24)12-15-7-9-16(10-8-15)23(26)27/h4-12H,1-3H3/b18-12-. The molecule has 0 atom stereocenters. The van der Waals surface area contributed by atoms with E-state index in [9.17, 15) is 19.7 Å². The lowest BCUT2D eigenvalue weighted by atomic mass is 10.0. The zero-order valence-corrected chi connectivity index (χ0v) is 15.6. The van der Waals surface area contributed by atoms with Gasteiger partial charge in [-0.25, -0.2) is 4.79 Å². The van der Waals surface area contributed by atoms with Crippen LogP contribution in [0.15, 0.2) is 65.4 Å². The topological polar surface area (TPSA) is 89.8 Å². The van der Waals surface area contributed by atoms with Gasteiger partial charge in [0.1, 0.15) is 0 Å². The van der Waals surface area contributed by atoms with Crippen LogP contribution in [0.2, 0.25) is 0 Å². The van der Waals surface area contributed by atoms with Crippen molar-refractivity contribution in [1.82, 2.24) is 0 Å². The molecule has 0 spiro atoms. The summed E-state index contributed by atoms with van der Waals surface area (Å²) in [5.41, 5.74) is 2.96. The number of nitro groups is 1. The Labute approximate surface area is 161 Å². The van der Waals surface area contributed by atoms with Gasteiger partial charge in [-0.1, -0.05) is 12.1 Å². The van der Waals surface area contributed by atoms with E-state index >= 15 is 0 Å². The number of rotatable bonds is 4. The Morgan fingerprint density at radius 2 is 1.82 bits per heavy atom. The van der Waals surface area contributed by atoms with Crippen LogP contribution in [-0.4, -0.2) is 23.9 Å². The molecule has 7 heteroatoms. The van der Waals surface area contributed by atoms with Crippen molar-refractivity contribution in [1.29, 1.82) is 0 Å². The van der Waals surface area contributed by atoms with E-state index in [0.717, 1.165) is 5.56 Å². The highest BCUT2D eigenvalue weighted by Crippen LogP contribution is 2.35. The van der Waals surface area contributed by atoms with Crippen LogP contribution in [-0.2, 0) is 14.3 Å². The summed E-state index contributed by atoms with van der Waals surface area (Å²) in [7, 11) is 1.26. The summed E-state index contributed by atoms with van der Waals surface area (Å²) in [5.74, 6) is -0.976. The minimum Gasteiger partial charge on any atom is -0.465 e. The summed E-state index contributed by atoms with van der Waals surface area (Å²) in [6.07, 6.45) is 1.54. The molecule has 0 bridgehead atoms. The molecule has 2 aromatic rings. The first-order chi connectivity index (χ1) is 13.3. The van der Waals surface area contributed by atoms with Crippen LogP contribution in [0.5, 0.6) is 0 Å². The molecule has 1 heterocycles. The van der Waals surface area contributed by atoms with Crippen LogP contribution in [0, 0.1) is 17.0 Å². The summed E-state index contributed by atoms with van der Waals surface area (Å²) in [4.78, 5) is 37.3. The molecule has 1 aliphatic rings. The lowest BCUT2D eigenvalue weighted by molar-refractivity contribution is -0.384. The molecule has 0 saturated carbocycles.